The third kappa shape index (κ3) is 3.09. The molecule has 1 aromatic heterocycles. The molecule has 1 aliphatic rings. The summed E-state index contributed by atoms with van der Waals surface area (Å²) in [6.45, 7) is 3.88. The van der Waals surface area contributed by atoms with Crippen molar-refractivity contribution in [3.8, 4) is 0 Å². The molecule has 0 radical (unpaired) electrons. The van der Waals surface area contributed by atoms with E-state index in [0.717, 1.165) is 25.2 Å². The zero-order valence-electron chi connectivity index (χ0n) is 10.1. The first kappa shape index (κ1) is 12.2. The molecule has 0 aliphatic carbocycles. The molecule has 1 saturated heterocycles. The smallest absolute Gasteiger partial charge is 0.229 e. The van der Waals surface area contributed by atoms with Crippen LogP contribution in [0.2, 0.25) is 0 Å². The van der Waals surface area contributed by atoms with E-state index < -0.39 is 10.0 Å². The molecule has 2 heterocycles. The molecule has 1 fully saturated rings. The molecular weight excluding hydrogens is 238 g/mol. The molecule has 6 heteroatoms. The largest absolute Gasteiger partial charge is 0.357 e. The van der Waals surface area contributed by atoms with Gasteiger partial charge in [-0.2, -0.15) is 0 Å². The Hall–Kier alpha value is -1.30. The van der Waals surface area contributed by atoms with Gasteiger partial charge >= 0.3 is 0 Å². The van der Waals surface area contributed by atoms with Crippen molar-refractivity contribution in [3.63, 3.8) is 0 Å². The number of nitrogens with zero attached hydrogens (tertiary/aromatic N) is 2. The van der Waals surface area contributed by atoms with E-state index in [1.54, 1.807) is 6.07 Å². The van der Waals surface area contributed by atoms with Crippen LogP contribution in [-0.2, 0) is 10.0 Å². The highest BCUT2D eigenvalue weighted by Crippen LogP contribution is 2.22. The van der Waals surface area contributed by atoms with Crippen LogP contribution >= 0.6 is 0 Å². The minimum atomic E-state index is -3.24. The molecule has 2 rings (SSSR count). The maximum atomic E-state index is 11.1. The summed E-state index contributed by atoms with van der Waals surface area (Å²) in [5.74, 6) is 0.930. The van der Waals surface area contributed by atoms with Gasteiger partial charge in [0.1, 0.15) is 5.82 Å². The van der Waals surface area contributed by atoms with E-state index in [1.165, 1.54) is 12.8 Å². The molecule has 0 spiro atoms. The van der Waals surface area contributed by atoms with Crippen LogP contribution in [0.25, 0.3) is 0 Å². The molecule has 1 N–H and O–H groups in total. The standard InChI is InChI=1S/C11H17N3O2S/c1-9-10(13-17(2,15)16)5-6-11(12-9)14-7-3-4-8-14/h5-6,13H,3-4,7-8H2,1-2H3. The maximum absolute atomic E-state index is 11.1. The lowest BCUT2D eigenvalue weighted by atomic mass is 10.3. The lowest BCUT2D eigenvalue weighted by molar-refractivity contribution is 0.606. The van der Waals surface area contributed by atoms with Gasteiger partial charge in [0.15, 0.2) is 0 Å². The zero-order chi connectivity index (χ0) is 12.5. The Balaban J connectivity index is 2.22. The molecule has 17 heavy (non-hydrogen) atoms. The Morgan fingerprint density at radius 1 is 1.29 bits per heavy atom. The number of hydrogen-bond acceptors (Lipinski definition) is 4. The highest BCUT2D eigenvalue weighted by atomic mass is 32.2. The summed E-state index contributed by atoms with van der Waals surface area (Å²) in [6, 6.07) is 3.64. The van der Waals surface area contributed by atoms with Gasteiger partial charge in [-0.25, -0.2) is 13.4 Å². The van der Waals surface area contributed by atoms with E-state index in [1.807, 2.05) is 13.0 Å². The molecule has 0 bridgehead atoms. The second kappa shape index (κ2) is 4.52. The SMILES string of the molecule is Cc1nc(N2CCCC2)ccc1NS(C)(=O)=O. The maximum Gasteiger partial charge on any atom is 0.229 e. The van der Waals surface area contributed by atoms with Crippen LogP contribution in [0, 0.1) is 6.92 Å². The Labute approximate surface area is 102 Å². The number of pyridine rings is 1. The Morgan fingerprint density at radius 2 is 1.94 bits per heavy atom. The quantitative estimate of drug-likeness (QED) is 0.886. The molecule has 0 aromatic carbocycles. The van der Waals surface area contributed by atoms with Gasteiger partial charge in [-0.3, -0.25) is 4.72 Å². The van der Waals surface area contributed by atoms with Crippen LogP contribution < -0.4 is 9.62 Å². The van der Waals surface area contributed by atoms with E-state index in [9.17, 15) is 8.42 Å². The molecule has 0 amide bonds. The highest BCUT2D eigenvalue weighted by molar-refractivity contribution is 7.92. The Kier molecular flexibility index (Phi) is 3.24. The van der Waals surface area contributed by atoms with E-state index in [0.29, 0.717) is 11.4 Å². The number of anilines is 2. The van der Waals surface area contributed by atoms with Crippen molar-refractivity contribution in [2.75, 3.05) is 29.0 Å². The van der Waals surface area contributed by atoms with Gasteiger partial charge in [0, 0.05) is 13.1 Å². The highest BCUT2D eigenvalue weighted by Gasteiger charge is 2.14. The fourth-order valence-electron chi connectivity index (χ4n) is 1.98. The van der Waals surface area contributed by atoms with Gasteiger partial charge in [-0.05, 0) is 31.9 Å². The summed E-state index contributed by atoms with van der Waals surface area (Å²) < 4.78 is 24.7. The second-order valence-electron chi connectivity index (χ2n) is 4.37. The number of rotatable bonds is 3. The number of aromatic nitrogens is 1. The molecule has 1 aliphatic heterocycles. The molecule has 5 nitrogen and oxygen atoms in total. The summed E-state index contributed by atoms with van der Waals surface area (Å²) >= 11 is 0. The Morgan fingerprint density at radius 3 is 2.47 bits per heavy atom. The minimum absolute atomic E-state index is 0.551. The summed E-state index contributed by atoms with van der Waals surface area (Å²) in [4.78, 5) is 6.66. The van der Waals surface area contributed by atoms with Gasteiger partial charge in [-0.1, -0.05) is 0 Å². The number of aryl methyl sites for hydroxylation is 1. The average Bonchev–Trinajstić information content (AvgIpc) is 2.72. The van der Waals surface area contributed by atoms with Crippen molar-refractivity contribution in [2.45, 2.75) is 19.8 Å². The predicted octanol–water partition coefficient (Wildman–Crippen LogP) is 1.36. The summed E-state index contributed by atoms with van der Waals surface area (Å²) in [7, 11) is -3.24. The van der Waals surface area contributed by atoms with Crippen molar-refractivity contribution in [3.05, 3.63) is 17.8 Å². The summed E-state index contributed by atoms with van der Waals surface area (Å²) in [5, 5.41) is 0. The minimum Gasteiger partial charge on any atom is -0.357 e. The first-order valence-electron chi connectivity index (χ1n) is 5.66. The first-order valence-corrected chi connectivity index (χ1v) is 7.55. The van der Waals surface area contributed by atoms with Gasteiger partial charge in [0.25, 0.3) is 0 Å². The molecule has 0 unspecified atom stereocenters. The topological polar surface area (TPSA) is 62.3 Å². The van der Waals surface area contributed by atoms with Gasteiger partial charge in [0.2, 0.25) is 10.0 Å². The average molecular weight is 255 g/mol. The number of sulfonamides is 1. The van der Waals surface area contributed by atoms with Crippen molar-refractivity contribution in [1.29, 1.82) is 0 Å². The first-order chi connectivity index (χ1) is 7.96. The van der Waals surface area contributed by atoms with Gasteiger partial charge < -0.3 is 4.90 Å². The van der Waals surface area contributed by atoms with Crippen LogP contribution in [-0.4, -0.2) is 32.7 Å². The lowest BCUT2D eigenvalue weighted by Gasteiger charge is -2.17. The number of hydrogen-bond donors (Lipinski definition) is 1. The third-order valence-corrected chi connectivity index (χ3v) is 3.39. The van der Waals surface area contributed by atoms with Gasteiger partial charge in [0.05, 0.1) is 17.6 Å². The normalized spacial score (nSPS) is 16.2. The molecular formula is C11H17N3O2S. The fraction of sp³-hybridized carbons (Fsp3) is 0.545. The molecule has 0 atom stereocenters. The Bertz CT molecular complexity index is 507. The van der Waals surface area contributed by atoms with Crippen LogP contribution in [0.4, 0.5) is 11.5 Å². The van der Waals surface area contributed by atoms with Crippen LogP contribution in [0.5, 0.6) is 0 Å². The van der Waals surface area contributed by atoms with Crippen LogP contribution in [0.3, 0.4) is 0 Å². The predicted molar refractivity (Wildman–Crippen MR) is 68.9 cm³/mol. The van der Waals surface area contributed by atoms with Crippen molar-refractivity contribution < 1.29 is 8.42 Å². The van der Waals surface area contributed by atoms with E-state index >= 15 is 0 Å². The van der Waals surface area contributed by atoms with E-state index in [-0.39, 0.29) is 0 Å². The van der Waals surface area contributed by atoms with Gasteiger partial charge in [-0.15, -0.1) is 0 Å². The summed E-state index contributed by atoms with van der Waals surface area (Å²) in [6.07, 6.45) is 3.54. The van der Waals surface area contributed by atoms with E-state index in [2.05, 4.69) is 14.6 Å². The lowest BCUT2D eigenvalue weighted by Crippen LogP contribution is -2.19. The molecule has 94 valence electrons. The monoisotopic (exact) mass is 255 g/mol. The number of nitrogens with one attached hydrogen (secondary N) is 1. The van der Waals surface area contributed by atoms with Crippen molar-refractivity contribution in [2.24, 2.45) is 0 Å². The molecule has 0 saturated carbocycles. The van der Waals surface area contributed by atoms with Crippen molar-refractivity contribution >= 4 is 21.5 Å². The van der Waals surface area contributed by atoms with Crippen molar-refractivity contribution in [1.82, 2.24) is 4.98 Å². The molecule has 1 aromatic rings. The van der Waals surface area contributed by atoms with Crippen LogP contribution in [0.1, 0.15) is 18.5 Å². The summed E-state index contributed by atoms with van der Waals surface area (Å²) in [5.41, 5.74) is 1.26. The second-order valence-corrected chi connectivity index (χ2v) is 6.12. The third-order valence-electron chi connectivity index (χ3n) is 2.80. The van der Waals surface area contributed by atoms with Crippen LogP contribution in [0.15, 0.2) is 12.1 Å². The zero-order valence-corrected chi connectivity index (χ0v) is 10.9. The van der Waals surface area contributed by atoms with E-state index in [4.69, 9.17) is 0 Å². The fourth-order valence-corrected chi connectivity index (χ4v) is 2.59.